The van der Waals surface area contributed by atoms with Gasteiger partial charge in [-0.05, 0) is 36.9 Å². The maximum absolute atomic E-state index is 13.3. The van der Waals surface area contributed by atoms with Crippen molar-refractivity contribution in [2.75, 3.05) is 21.1 Å². The maximum atomic E-state index is 13.3. The molecular formula is C20H23ClN2O. The van der Waals surface area contributed by atoms with Crippen LogP contribution in [0.5, 0.6) is 0 Å². The van der Waals surface area contributed by atoms with Crippen molar-refractivity contribution in [3.05, 3.63) is 70.2 Å². The van der Waals surface area contributed by atoms with E-state index < -0.39 is 5.54 Å². The molecule has 0 heterocycles. The third-order valence-electron chi connectivity index (χ3n) is 5.05. The van der Waals surface area contributed by atoms with Crippen molar-refractivity contribution in [3.8, 4) is 0 Å². The molecule has 0 saturated carbocycles. The Morgan fingerprint density at radius 2 is 1.54 bits per heavy atom. The van der Waals surface area contributed by atoms with Crippen molar-refractivity contribution in [2.24, 2.45) is 0 Å². The molecule has 0 aromatic heterocycles. The predicted octanol–water partition coefficient (Wildman–Crippen LogP) is 3.40. The minimum atomic E-state index is -0.514. The predicted molar refractivity (Wildman–Crippen MR) is 98.2 cm³/mol. The average Bonchev–Trinajstić information content (AvgIpc) is 2.97. The van der Waals surface area contributed by atoms with Crippen molar-refractivity contribution in [1.29, 1.82) is 0 Å². The Bertz CT molecular complexity index is 732. The van der Waals surface area contributed by atoms with Crippen LogP contribution in [-0.4, -0.2) is 42.4 Å². The zero-order valence-corrected chi connectivity index (χ0v) is 15.2. The lowest BCUT2D eigenvalue weighted by molar-refractivity contribution is -0.142. The molecule has 3 rings (SSSR count). The fraction of sp³-hybridized carbons (Fsp3) is 0.350. The molecule has 0 N–H and O–H groups in total. The number of fused-ring (bicyclic) bond motifs is 1. The Hall–Kier alpha value is -1.84. The first-order valence-electron chi connectivity index (χ1n) is 8.17. The van der Waals surface area contributed by atoms with E-state index in [1.165, 1.54) is 11.1 Å². The molecule has 2 aromatic rings. The molecule has 0 spiro atoms. The summed E-state index contributed by atoms with van der Waals surface area (Å²) in [6, 6.07) is 16.0. The summed E-state index contributed by atoms with van der Waals surface area (Å²) in [6.07, 6.45) is 1.50. The van der Waals surface area contributed by atoms with Gasteiger partial charge in [0.05, 0.1) is 0 Å². The number of carbonyl (C=O) groups excluding carboxylic acids is 1. The first-order valence-corrected chi connectivity index (χ1v) is 8.55. The van der Waals surface area contributed by atoms with Crippen molar-refractivity contribution in [3.63, 3.8) is 0 Å². The lowest BCUT2D eigenvalue weighted by Crippen LogP contribution is -2.57. The number of hydrogen-bond donors (Lipinski definition) is 0. The SMILES string of the molecule is CN(Cc1ccccc1Cl)C(=O)C1(N(C)C)Cc2ccccc2C1. The highest BCUT2D eigenvalue weighted by molar-refractivity contribution is 6.31. The number of nitrogens with zero attached hydrogens (tertiary/aromatic N) is 2. The van der Waals surface area contributed by atoms with Gasteiger partial charge >= 0.3 is 0 Å². The standard InChI is InChI=1S/C20H23ClN2O/c1-22(2)20(12-15-8-4-5-9-16(15)13-20)19(24)23(3)14-17-10-6-7-11-18(17)21/h4-11H,12-14H2,1-3H3. The first kappa shape index (κ1) is 17.0. The van der Waals surface area contributed by atoms with Crippen LogP contribution in [0.3, 0.4) is 0 Å². The third kappa shape index (κ3) is 2.94. The van der Waals surface area contributed by atoms with Gasteiger partial charge in [0.15, 0.2) is 0 Å². The number of benzene rings is 2. The summed E-state index contributed by atoms with van der Waals surface area (Å²) in [4.78, 5) is 17.2. The van der Waals surface area contributed by atoms with E-state index in [-0.39, 0.29) is 5.91 Å². The molecule has 3 nitrogen and oxygen atoms in total. The van der Waals surface area contributed by atoms with Gasteiger partial charge in [0, 0.05) is 31.5 Å². The fourth-order valence-corrected chi connectivity index (χ4v) is 3.76. The van der Waals surface area contributed by atoms with Crippen molar-refractivity contribution in [2.45, 2.75) is 24.9 Å². The largest absolute Gasteiger partial charge is 0.340 e. The molecule has 126 valence electrons. The molecule has 0 aliphatic heterocycles. The van der Waals surface area contributed by atoms with Crippen LogP contribution in [0.15, 0.2) is 48.5 Å². The van der Waals surface area contributed by atoms with E-state index in [1.807, 2.05) is 57.5 Å². The van der Waals surface area contributed by atoms with Crippen LogP contribution in [0.25, 0.3) is 0 Å². The zero-order valence-electron chi connectivity index (χ0n) is 14.4. The normalized spacial score (nSPS) is 15.4. The van der Waals surface area contributed by atoms with Gasteiger partial charge in [-0.2, -0.15) is 0 Å². The summed E-state index contributed by atoms with van der Waals surface area (Å²) in [5, 5.41) is 0.700. The van der Waals surface area contributed by atoms with Gasteiger partial charge in [0.25, 0.3) is 0 Å². The lowest BCUT2D eigenvalue weighted by atomic mass is 9.92. The first-order chi connectivity index (χ1) is 11.4. The molecule has 0 unspecified atom stereocenters. The molecule has 1 aliphatic carbocycles. The topological polar surface area (TPSA) is 23.6 Å². The van der Waals surface area contributed by atoms with Crippen LogP contribution in [-0.2, 0) is 24.2 Å². The quantitative estimate of drug-likeness (QED) is 0.850. The molecule has 2 aromatic carbocycles. The maximum Gasteiger partial charge on any atom is 0.243 e. The van der Waals surface area contributed by atoms with Crippen LogP contribution in [0, 0.1) is 0 Å². The van der Waals surface area contributed by atoms with E-state index in [9.17, 15) is 4.79 Å². The van der Waals surface area contributed by atoms with E-state index in [2.05, 4.69) is 17.0 Å². The van der Waals surface area contributed by atoms with Crippen LogP contribution >= 0.6 is 11.6 Å². The summed E-state index contributed by atoms with van der Waals surface area (Å²) in [6.45, 7) is 0.518. The van der Waals surface area contributed by atoms with Gasteiger partial charge in [-0.25, -0.2) is 0 Å². The van der Waals surface area contributed by atoms with Gasteiger partial charge in [-0.1, -0.05) is 54.1 Å². The monoisotopic (exact) mass is 342 g/mol. The number of halogens is 1. The third-order valence-corrected chi connectivity index (χ3v) is 5.42. The highest BCUT2D eigenvalue weighted by Crippen LogP contribution is 2.35. The Morgan fingerprint density at radius 1 is 1.00 bits per heavy atom. The fourth-order valence-electron chi connectivity index (χ4n) is 3.56. The Balaban J connectivity index is 1.85. The average molecular weight is 343 g/mol. The minimum absolute atomic E-state index is 0.142. The molecule has 0 bridgehead atoms. The van der Waals surface area contributed by atoms with Gasteiger partial charge < -0.3 is 4.90 Å². The Morgan fingerprint density at radius 3 is 2.08 bits per heavy atom. The van der Waals surface area contributed by atoms with Crippen molar-refractivity contribution < 1.29 is 4.79 Å². The van der Waals surface area contributed by atoms with E-state index in [4.69, 9.17) is 11.6 Å². The molecule has 0 radical (unpaired) electrons. The molecular weight excluding hydrogens is 320 g/mol. The van der Waals surface area contributed by atoms with E-state index in [0.717, 1.165) is 18.4 Å². The highest BCUT2D eigenvalue weighted by atomic mass is 35.5. The van der Waals surface area contributed by atoms with Gasteiger partial charge in [0.2, 0.25) is 5.91 Å². The molecule has 1 amide bonds. The van der Waals surface area contributed by atoms with Crippen LogP contribution in [0.4, 0.5) is 0 Å². The molecule has 1 aliphatic rings. The second-order valence-electron chi connectivity index (χ2n) is 6.80. The van der Waals surface area contributed by atoms with E-state index in [1.54, 1.807) is 4.90 Å². The number of rotatable bonds is 4. The number of amides is 1. The van der Waals surface area contributed by atoms with E-state index in [0.29, 0.717) is 11.6 Å². The number of carbonyl (C=O) groups is 1. The lowest BCUT2D eigenvalue weighted by Gasteiger charge is -2.38. The Labute approximate surface area is 148 Å². The molecule has 0 saturated heterocycles. The summed E-state index contributed by atoms with van der Waals surface area (Å²) in [7, 11) is 5.85. The molecule has 0 fully saturated rings. The second kappa shape index (κ2) is 6.58. The summed E-state index contributed by atoms with van der Waals surface area (Å²) in [5.41, 5.74) is 3.00. The number of hydrogen-bond acceptors (Lipinski definition) is 2. The summed E-state index contributed by atoms with van der Waals surface area (Å²) >= 11 is 6.25. The smallest absolute Gasteiger partial charge is 0.243 e. The Kier molecular flexibility index (Phi) is 4.66. The highest BCUT2D eigenvalue weighted by Gasteiger charge is 2.47. The van der Waals surface area contributed by atoms with Gasteiger partial charge in [-0.15, -0.1) is 0 Å². The summed E-state index contributed by atoms with van der Waals surface area (Å²) in [5.74, 6) is 0.142. The molecule has 0 atom stereocenters. The van der Waals surface area contributed by atoms with Crippen molar-refractivity contribution >= 4 is 17.5 Å². The summed E-state index contributed by atoms with van der Waals surface area (Å²) < 4.78 is 0. The second-order valence-corrected chi connectivity index (χ2v) is 7.21. The van der Waals surface area contributed by atoms with Gasteiger partial charge in [0.1, 0.15) is 5.54 Å². The minimum Gasteiger partial charge on any atom is -0.340 e. The molecule has 4 heteroatoms. The van der Waals surface area contributed by atoms with Crippen LogP contribution in [0.1, 0.15) is 16.7 Å². The van der Waals surface area contributed by atoms with E-state index >= 15 is 0 Å². The van der Waals surface area contributed by atoms with Crippen molar-refractivity contribution in [1.82, 2.24) is 9.80 Å². The number of likely N-dealkylation sites (N-methyl/N-ethyl adjacent to an activating group) is 2. The van der Waals surface area contributed by atoms with Gasteiger partial charge in [-0.3, -0.25) is 9.69 Å². The van der Waals surface area contributed by atoms with Crippen LogP contribution < -0.4 is 0 Å². The molecule has 24 heavy (non-hydrogen) atoms. The van der Waals surface area contributed by atoms with Crippen LogP contribution in [0.2, 0.25) is 5.02 Å². The zero-order chi connectivity index (χ0) is 17.3.